The number of aromatic nitrogens is 1. The van der Waals surface area contributed by atoms with E-state index in [0.29, 0.717) is 5.56 Å². The van der Waals surface area contributed by atoms with Crippen molar-refractivity contribution >= 4 is 28.4 Å². The van der Waals surface area contributed by atoms with Crippen LogP contribution in [0.5, 0.6) is 0 Å². The number of thiazole rings is 1. The van der Waals surface area contributed by atoms with Gasteiger partial charge in [0.25, 0.3) is 5.69 Å². The van der Waals surface area contributed by atoms with Crippen molar-refractivity contribution in [1.82, 2.24) is 4.98 Å². The average Bonchev–Trinajstić information content (AvgIpc) is 3.09. The average molecular weight is 302 g/mol. The van der Waals surface area contributed by atoms with E-state index in [-0.39, 0.29) is 10.6 Å². The Morgan fingerprint density at radius 3 is 2.80 bits per heavy atom. The van der Waals surface area contributed by atoms with Crippen LogP contribution in [0.2, 0.25) is 0 Å². The van der Waals surface area contributed by atoms with Gasteiger partial charge in [-0.25, -0.2) is 4.98 Å². The fourth-order valence-electron chi connectivity index (χ4n) is 1.89. The molecule has 2 aromatic heterocycles. The lowest BCUT2D eigenvalue weighted by Gasteiger charge is -2.00. The molecule has 2 heterocycles. The second-order valence-corrected chi connectivity index (χ2v) is 6.08. The van der Waals surface area contributed by atoms with Crippen molar-refractivity contribution in [2.75, 3.05) is 0 Å². The zero-order valence-corrected chi connectivity index (χ0v) is 12.2. The molecule has 0 bridgehead atoms. The number of nitro benzene ring substituents is 1. The third kappa shape index (κ3) is 2.35. The van der Waals surface area contributed by atoms with Crippen LogP contribution >= 0.6 is 22.7 Å². The molecule has 0 saturated carbocycles. The van der Waals surface area contributed by atoms with Gasteiger partial charge in [0.1, 0.15) is 5.01 Å². The van der Waals surface area contributed by atoms with Crippen LogP contribution in [-0.4, -0.2) is 9.91 Å². The molecule has 20 heavy (non-hydrogen) atoms. The summed E-state index contributed by atoms with van der Waals surface area (Å²) in [5, 5.41) is 15.9. The Labute approximate surface area is 123 Å². The lowest BCUT2D eigenvalue weighted by atomic mass is 10.1. The maximum atomic E-state index is 11.0. The molecule has 0 saturated heterocycles. The Balaban J connectivity index is 2.02. The molecule has 0 aliphatic carbocycles. The van der Waals surface area contributed by atoms with Gasteiger partial charge in [-0.05, 0) is 18.4 Å². The minimum atomic E-state index is -0.356. The lowest BCUT2D eigenvalue weighted by Crippen LogP contribution is -1.92. The quantitative estimate of drug-likeness (QED) is 0.518. The molecule has 0 N–H and O–H groups in total. The van der Waals surface area contributed by atoms with E-state index in [9.17, 15) is 10.1 Å². The van der Waals surface area contributed by atoms with Gasteiger partial charge >= 0.3 is 0 Å². The largest absolute Gasteiger partial charge is 0.272 e. The van der Waals surface area contributed by atoms with Crippen molar-refractivity contribution < 1.29 is 4.92 Å². The summed E-state index contributed by atoms with van der Waals surface area (Å²) in [6.45, 7) is 1.74. The minimum Gasteiger partial charge on any atom is -0.258 e. The van der Waals surface area contributed by atoms with Gasteiger partial charge in [0.15, 0.2) is 0 Å². The van der Waals surface area contributed by atoms with Crippen LogP contribution in [0.25, 0.3) is 21.1 Å². The fourth-order valence-corrected chi connectivity index (χ4v) is 3.53. The lowest BCUT2D eigenvalue weighted by molar-refractivity contribution is -0.385. The summed E-state index contributed by atoms with van der Waals surface area (Å²) in [7, 11) is 0. The van der Waals surface area contributed by atoms with Crippen LogP contribution in [0.3, 0.4) is 0 Å². The van der Waals surface area contributed by atoms with Crippen molar-refractivity contribution in [3.63, 3.8) is 0 Å². The van der Waals surface area contributed by atoms with Crippen LogP contribution in [0.4, 0.5) is 5.69 Å². The number of benzene rings is 1. The third-order valence-corrected chi connectivity index (χ3v) is 4.82. The van der Waals surface area contributed by atoms with E-state index in [0.717, 1.165) is 21.1 Å². The molecular weight excluding hydrogens is 292 g/mol. The van der Waals surface area contributed by atoms with E-state index in [2.05, 4.69) is 4.98 Å². The zero-order valence-electron chi connectivity index (χ0n) is 10.6. The molecule has 6 heteroatoms. The molecule has 4 nitrogen and oxygen atoms in total. The Morgan fingerprint density at radius 2 is 2.10 bits per heavy atom. The van der Waals surface area contributed by atoms with E-state index in [1.54, 1.807) is 41.7 Å². The number of thiophene rings is 1. The van der Waals surface area contributed by atoms with Crippen LogP contribution in [0.15, 0.2) is 41.1 Å². The summed E-state index contributed by atoms with van der Waals surface area (Å²) >= 11 is 3.18. The van der Waals surface area contributed by atoms with Gasteiger partial charge in [-0.1, -0.05) is 18.2 Å². The molecular formula is C14H10N2O2S2. The maximum absolute atomic E-state index is 11.0. The van der Waals surface area contributed by atoms with Gasteiger partial charge in [0.2, 0.25) is 0 Å². The first kappa shape index (κ1) is 13.0. The smallest absolute Gasteiger partial charge is 0.258 e. The second kappa shape index (κ2) is 5.15. The highest BCUT2D eigenvalue weighted by Crippen LogP contribution is 2.33. The van der Waals surface area contributed by atoms with Crippen molar-refractivity contribution in [2.45, 2.75) is 6.92 Å². The molecule has 0 radical (unpaired) electrons. The molecule has 0 aliphatic rings. The molecule has 100 valence electrons. The van der Waals surface area contributed by atoms with Crippen LogP contribution < -0.4 is 0 Å². The van der Waals surface area contributed by atoms with E-state index >= 15 is 0 Å². The van der Waals surface area contributed by atoms with Crippen molar-refractivity contribution in [2.24, 2.45) is 0 Å². The van der Waals surface area contributed by atoms with Crippen molar-refractivity contribution in [1.29, 1.82) is 0 Å². The normalized spacial score (nSPS) is 10.7. The number of nitrogens with zero attached hydrogens (tertiary/aromatic N) is 2. The van der Waals surface area contributed by atoms with Crippen LogP contribution in [-0.2, 0) is 0 Å². The van der Waals surface area contributed by atoms with Gasteiger partial charge < -0.3 is 0 Å². The molecule has 0 spiro atoms. The summed E-state index contributed by atoms with van der Waals surface area (Å²) in [5.41, 5.74) is 2.35. The number of rotatable bonds is 3. The molecule has 0 amide bonds. The van der Waals surface area contributed by atoms with Gasteiger partial charge in [-0.2, -0.15) is 0 Å². The highest BCUT2D eigenvalue weighted by atomic mass is 32.1. The predicted octanol–water partition coefficient (Wildman–Crippen LogP) is 4.76. The summed E-state index contributed by atoms with van der Waals surface area (Å²) in [5.74, 6) is 0. The summed E-state index contributed by atoms with van der Waals surface area (Å²) < 4.78 is 0. The molecule has 3 rings (SSSR count). The van der Waals surface area contributed by atoms with Gasteiger partial charge in [0, 0.05) is 22.6 Å². The fraction of sp³-hybridized carbons (Fsp3) is 0.0714. The van der Waals surface area contributed by atoms with Crippen LogP contribution in [0, 0.1) is 17.0 Å². The number of aryl methyl sites for hydroxylation is 1. The highest BCUT2D eigenvalue weighted by molar-refractivity contribution is 7.20. The first-order chi connectivity index (χ1) is 9.65. The number of nitro groups is 1. The first-order valence-corrected chi connectivity index (χ1v) is 7.66. The topological polar surface area (TPSA) is 56.0 Å². The molecule has 3 aromatic rings. The standard InChI is InChI=1S/C14H10N2O2S2/c1-9-4-5-10(7-12(9)16(17)18)11-8-20-14(15-11)13-3-2-6-19-13/h2-8H,1H3. The summed E-state index contributed by atoms with van der Waals surface area (Å²) in [6.07, 6.45) is 0. The van der Waals surface area contributed by atoms with E-state index < -0.39 is 0 Å². The molecule has 0 atom stereocenters. The monoisotopic (exact) mass is 302 g/mol. The molecule has 1 aromatic carbocycles. The predicted molar refractivity (Wildman–Crippen MR) is 82.3 cm³/mol. The van der Waals surface area contributed by atoms with Crippen molar-refractivity contribution in [3.8, 4) is 21.1 Å². The Hall–Kier alpha value is -2.05. The summed E-state index contributed by atoms with van der Waals surface area (Å²) in [4.78, 5) is 16.3. The number of hydrogen-bond donors (Lipinski definition) is 0. The Morgan fingerprint density at radius 1 is 1.25 bits per heavy atom. The van der Waals surface area contributed by atoms with Gasteiger partial charge in [-0.3, -0.25) is 10.1 Å². The second-order valence-electron chi connectivity index (χ2n) is 4.27. The Bertz CT molecular complexity index is 763. The van der Waals surface area contributed by atoms with E-state index in [1.165, 1.54) is 0 Å². The van der Waals surface area contributed by atoms with Crippen LogP contribution in [0.1, 0.15) is 5.56 Å². The SMILES string of the molecule is Cc1ccc(-c2csc(-c3cccs3)n2)cc1[N+](=O)[O-]. The Kier molecular flexibility index (Phi) is 3.33. The molecule has 0 unspecified atom stereocenters. The van der Waals surface area contributed by atoms with E-state index in [1.807, 2.05) is 29.0 Å². The van der Waals surface area contributed by atoms with Gasteiger partial charge in [0.05, 0.1) is 15.5 Å². The van der Waals surface area contributed by atoms with E-state index in [4.69, 9.17) is 0 Å². The highest BCUT2D eigenvalue weighted by Gasteiger charge is 2.14. The van der Waals surface area contributed by atoms with Gasteiger partial charge in [-0.15, -0.1) is 22.7 Å². The molecule has 0 fully saturated rings. The maximum Gasteiger partial charge on any atom is 0.272 e. The summed E-state index contributed by atoms with van der Waals surface area (Å²) in [6, 6.07) is 9.22. The molecule has 0 aliphatic heterocycles. The first-order valence-electron chi connectivity index (χ1n) is 5.90. The third-order valence-electron chi connectivity index (χ3n) is 2.94. The minimum absolute atomic E-state index is 0.133. The van der Waals surface area contributed by atoms with Crippen molar-refractivity contribution in [3.05, 3.63) is 56.8 Å². The zero-order chi connectivity index (χ0) is 14.1. The number of hydrogen-bond acceptors (Lipinski definition) is 5.